The van der Waals surface area contributed by atoms with Crippen LogP contribution in [0.3, 0.4) is 0 Å². The summed E-state index contributed by atoms with van der Waals surface area (Å²) in [4.78, 5) is 4.52. The fourth-order valence-electron chi connectivity index (χ4n) is 2.27. The van der Waals surface area contributed by atoms with Gasteiger partial charge in [0.05, 0.1) is 27.4 Å². The van der Waals surface area contributed by atoms with Crippen molar-refractivity contribution in [1.82, 2.24) is 4.98 Å². The molecular weight excluding hydrogens is 323 g/mol. The molecule has 0 N–H and O–H groups in total. The second-order valence-electron chi connectivity index (χ2n) is 5.04. The van der Waals surface area contributed by atoms with Crippen LogP contribution in [-0.2, 0) is 12.6 Å². The van der Waals surface area contributed by atoms with Crippen LogP contribution in [0.2, 0.25) is 0 Å². The van der Waals surface area contributed by atoms with E-state index >= 15 is 0 Å². The van der Waals surface area contributed by atoms with E-state index in [0.29, 0.717) is 13.0 Å². The van der Waals surface area contributed by atoms with Gasteiger partial charge in [-0.3, -0.25) is 0 Å². The lowest BCUT2D eigenvalue weighted by Gasteiger charge is -2.06. The van der Waals surface area contributed by atoms with Crippen LogP contribution in [0.25, 0.3) is 10.2 Å². The van der Waals surface area contributed by atoms with Crippen molar-refractivity contribution in [3.63, 3.8) is 0 Å². The summed E-state index contributed by atoms with van der Waals surface area (Å²) in [6.45, 7) is 2.52. The van der Waals surface area contributed by atoms with E-state index in [1.807, 2.05) is 25.1 Å². The Balaban J connectivity index is 1.81. The molecule has 0 fully saturated rings. The van der Waals surface area contributed by atoms with Crippen molar-refractivity contribution in [2.24, 2.45) is 0 Å². The number of benzene rings is 2. The standard InChI is InChI=1S/C17H14F3NOS/c1-2-22-13-7-8-14-15(10-13)23-16(21-14)9-11-3-5-12(6-4-11)17(18,19)20/h3-8,10H,2,9H2,1H3. The van der Waals surface area contributed by atoms with Crippen LogP contribution in [0.1, 0.15) is 23.1 Å². The summed E-state index contributed by atoms with van der Waals surface area (Å²) in [6.07, 6.45) is -3.79. The minimum absolute atomic E-state index is 0.515. The highest BCUT2D eigenvalue weighted by atomic mass is 32.1. The highest BCUT2D eigenvalue weighted by molar-refractivity contribution is 7.18. The third-order valence-corrected chi connectivity index (χ3v) is 4.37. The molecule has 2 aromatic carbocycles. The molecule has 0 spiro atoms. The Labute approximate surface area is 135 Å². The van der Waals surface area contributed by atoms with Crippen molar-refractivity contribution in [2.45, 2.75) is 19.5 Å². The molecule has 1 aromatic heterocycles. The van der Waals surface area contributed by atoms with E-state index in [2.05, 4.69) is 4.98 Å². The number of nitrogens with zero attached hydrogens (tertiary/aromatic N) is 1. The Bertz CT molecular complexity index is 809. The second kappa shape index (κ2) is 6.20. The van der Waals surface area contributed by atoms with Crippen molar-refractivity contribution in [2.75, 3.05) is 6.61 Å². The number of fused-ring (bicyclic) bond motifs is 1. The molecule has 0 saturated heterocycles. The zero-order chi connectivity index (χ0) is 16.4. The lowest BCUT2D eigenvalue weighted by Crippen LogP contribution is -2.04. The SMILES string of the molecule is CCOc1ccc2nc(Cc3ccc(C(F)(F)F)cc3)sc2c1. The summed E-state index contributed by atoms with van der Waals surface area (Å²) in [5, 5.41) is 0.869. The van der Waals surface area contributed by atoms with Crippen LogP contribution in [-0.4, -0.2) is 11.6 Å². The fourth-order valence-corrected chi connectivity index (χ4v) is 3.30. The predicted molar refractivity (Wildman–Crippen MR) is 85.0 cm³/mol. The van der Waals surface area contributed by atoms with Gasteiger partial charge in [0, 0.05) is 6.42 Å². The Morgan fingerprint density at radius 3 is 2.48 bits per heavy atom. The van der Waals surface area contributed by atoms with E-state index in [-0.39, 0.29) is 0 Å². The summed E-state index contributed by atoms with van der Waals surface area (Å²) in [6, 6.07) is 10.9. The molecule has 23 heavy (non-hydrogen) atoms. The second-order valence-corrected chi connectivity index (χ2v) is 6.16. The minimum Gasteiger partial charge on any atom is -0.494 e. The first-order valence-corrected chi connectivity index (χ1v) is 7.96. The van der Waals surface area contributed by atoms with E-state index in [1.165, 1.54) is 23.5 Å². The maximum absolute atomic E-state index is 12.6. The Morgan fingerprint density at radius 1 is 1.09 bits per heavy atom. The molecule has 0 atom stereocenters. The zero-order valence-corrected chi connectivity index (χ0v) is 13.2. The quantitative estimate of drug-likeness (QED) is 0.644. The monoisotopic (exact) mass is 337 g/mol. The molecule has 0 saturated carbocycles. The van der Waals surface area contributed by atoms with Crippen molar-refractivity contribution >= 4 is 21.6 Å². The summed E-state index contributed by atoms with van der Waals surface area (Å²) >= 11 is 1.53. The first kappa shape index (κ1) is 15.8. The van der Waals surface area contributed by atoms with Gasteiger partial charge in [0.15, 0.2) is 0 Å². The number of rotatable bonds is 4. The van der Waals surface area contributed by atoms with Gasteiger partial charge in [-0.15, -0.1) is 11.3 Å². The van der Waals surface area contributed by atoms with Gasteiger partial charge in [-0.25, -0.2) is 4.98 Å². The Hall–Kier alpha value is -2.08. The molecule has 0 bridgehead atoms. The topological polar surface area (TPSA) is 22.1 Å². The first-order valence-electron chi connectivity index (χ1n) is 7.14. The van der Waals surface area contributed by atoms with Gasteiger partial charge in [-0.2, -0.15) is 13.2 Å². The zero-order valence-electron chi connectivity index (χ0n) is 12.4. The summed E-state index contributed by atoms with van der Waals surface area (Å²) in [7, 11) is 0. The molecule has 0 unspecified atom stereocenters. The molecule has 1 heterocycles. The highest BCUT2D eigenvalue weighted by Crippen LogP contribution is 2.30. The maximum atomic E-state index is 12.6. The van der Waals surface area contributed by atoms with Crippen LogP contribution in [0, 0.1) is 0 Å². The van der Waals surface area contributed by atoms with Crippen LogP contribution < -0.4 is 4.74 Å². The number of hydrogen-bond acceptors (Lipinski definition) is 3. The number of thiazole rings is 1. The molecule has 2 nitrogen and oxygen atoms in total. The van der Waals surface area contributed by atoms with Gasteiger partial charge in [0.1, 0.15) is 5.75 Å². The summed E-state index contributed by atoms with van der Waals surface area (Å²) in [5.41, 5.74) is 1.05. The molecule has 0 aliphatic heterocycles. The van der Waals surface area contributed by atoms with Gasteiger partial charge in [0.2, 0.25) is 0 Å². The van der Waals surface area contributed by atoms with Gasteiger partial charge >= 0.3 is 6.18 Å². The van der Waals surface area contributed by atoms with Crippen molar-refractivity contribution in [1.29, 1.82) is 0 Å². The summed E-state index contributed by atoms with van der Waals surface area (Å²) < 4.78 is 44.2. The molecule has 0 amide bonds. The van der Waals surface area contributed by atoms with E-state index in [4.69, 9.17) is 4.74 Å². The fraction of sp³-hybridized carbons (Fsp3) is 0.235. The van der Waals surface area contributed by atoms with Crippen LogP contribution >= 0.6 is 11.3 Å². The molecule has 120 valence electrons. The van der Waals surface area contributed by atoms with E-state index in [1.54, 1.807) is 0 Å². The van der Waals surface area contributed by atoms with Crippen LogP contribution in [0.4, 0.5) is 13.2 Å². The van der Waals surface area contributed by atoms with Crippen molar-refractivity contribution < 1.29 is 17.9 Å². The molecular formula is C17H14F3NOS. The average Bonchev–Trinajstić information content (AvgIpc) is 2.88. The molecule has 0 aliphatic carbocycles. The third-order valence-electron chi connectivity index (χ3n) is 3.35. The lowest BCUT2D eigenvalue weighted by molar-refractivity contribution is -0.137. The molecule has 6 heteroatoms. The smallest absolute Gasteiger partial charge is 0.416 e. The van der Waals surface area contributed by atoms with Gasteiger partial charge in [-0.05, 0) is 42.8 Å². The van der Waals surface area contributed by atoms with Gasteiger partial charge < -0.3 is 4.74 Å². The Morgan fingerprint density at radius 2 is 1.83 bits per heavy atom. The van der Waals surface area contributed by atoms with E-state index < -0.39 is 11.7 Å². The lowest BCUT2D eigenvalue weighted by atomic mass is 10.1. The minimum atomic E-state index is -4.30. The van der Waals surface area contributed by atoms with Gasteiger partial charge in [-0.1, -0.05) is 12.1 Å². The predicted octanol–water partition coefficient (Wildman–Crippen LogP) is 5.30. The summed E-state index contributed by atoms with van der Waals surface area (Å²) in [5.74, 6) is 0.796. The average molecular weight is 337 g/mol. The first-order chi connectivity index (χ1) is 11.0. The number of ether oxygens (including phenoxy) is 1. The van der Waals surface area contributed by atoms with Crippen LogP contribution in [0.5, 0.6) is 5.75 Å². The van der Waals surface area contributed by atoms with Crippen molar-refractivity contribution in [3.05, 3.63) is 58.6 Å². The molecule has 0 aliphatic rings. The van der Waals surface area contributed by atoms with E-state index in [9.17, 15) is 13.2 Å². The Kier molecular flexibility index (Phi) is 4.26. The number of alkyl halides is 3. The molecule has 3 aromatic rings. The van der Waals surface area contributed by atoms with E-state index in [0.717, 1.165) is 38.7 Å². The van der Waals surface area contributed by atoms with Gasteiger partial charge in [0.25, 0.3) is 0 Å². The number of halogens is 3. The van der Waals surface area contributed by atoms with Crippen LogP contribution in [0.15, 0.2) is 42.5 Å². The number of hydrogen-bond donors (Lipinski definition) is 0. The molecule has 0 radical (unpaired) electrons. The normalized spacial score (nSPS) is 11.8. The maximum Gasteiger partial charge on any atom is 0.416 e. The van der Waals surface area contributed by atoms with Crippen molar-refractivity contribution in [3.8, 4) is 5.75 Å². The third kappa shape index (κ3) is 3.64. The number of aromatic nitrogens is 1. The molecule has 3 rings (SSSR count). The largest absolute Gasteiger partial charge is 0.494 e. The highest BCUT2D eigenvalue weighted by Gasteiger charge is 2.29.